The van der Waals surface area contributed by atoms with Crippen molar-refractivity contribution in [3.8, 4) is 6.07 Å². The van der Waals surface area contributed by atoms with Crippen LogP contribution in [0.4, 0.5) is 4.39 Å². The van der Waals surface area contributed by atoms with E-state index >= 15 is 0 Å². The number of likely N-dealkylation sites (N-methyl/N-ethyl adjacent to an activating group) is 1. The summed E-state index contributed by atoms with van der Waals surface area (Å²) in [5.74, 6) is -2.76. The van der Waals surface area contributed by atoms with E-state index in [1.54, 1.807) is 6.92 Å². The molecule has 1 aromatic rings. The van der Waals surface area contributed by atoms with Crippen molar-refractivity contribution in [2.24, 2.45) is 0 Å². The van der Waals surface area contributed by atoms with E-state index in [2.05, 4.69) is 5.32 Å². The number of rotatable bonds is 2. The molecule has 1 atom stereocenters. The van der Waals surface area contributed by atoms with Crippen molar-refractivity contribution in [1.29, 1.82) is 5.26 Å². The second kappa shape index (κ2) is 5.02. The topological polar surface area (TPSA) is 90.2 Å². The van der Waals surface area contributed by atoms with Gasteiger partial charge in [0.2, 0.25) is 0 Å². The predicted octanol–water partition coefficient (Wildman–Crippen LogP) is 1.59. The number of Topliss-reactive ketones (excluding diaryl/α,β-unsaturated/α-hetero) is 1. The molecule has 1 amide bonds. The molecule has 1 aliphatic rings. The molecule has 0 heterocycles. The second-order valence-electron chi connectivity index (χ2n) is 4.84. The van der Waals surface area contributed by atoms with Crippen LogP contribution in [0.3, 0.4) is 0 Å². The van der Waals surface area contributed by atoms with Crippen molar-refractivity contribution < 1.29 is 19.1 Å². The van der Waals surface area contributed by atoms with Crippen molar-refractivity contribution in [2.45, 2.75) is 19.3 Å². The first-order valence-corrected chi connectivity index (χ1v) is 6.34. The summed E-state index contributed by atoms with van der Waals surface area (Å²) in [5, 5.41) is 21.9. The van der Waals surface area contributed by atoms with Crippen LogP contribution >= 0.6 is 0 Å². The number of nitrogens with zero attached hydrogens (tertiary/aromatic N) is 1. The number of hydrogen-bond donors (Lipinski definition) is 2. The van der Waals surface area contributed by atoms with E-state index in [0.29, 0.717) is 0 Å². The third kappa shape index (κ3) is 2.07. The number of nitrogens with one attached hydrogen (secondary N) is 1. The van der Waals surface area contributed by atoms with Crippen LogP contribution in [0.15, 0.2) is 23.8 Å². The molecule has 0 aliphatic heterocycles. The molecule has 0 radical (unpaired) electrons. The Hall–Kier alpha value is -2.68. The first-order valence-electron chi connectivity index (χ1n) is 6.34. The average Bonchev–Trinajstić information content (AvgIpc) is 2.45. The number of aliphatic hydroxyl groups is 1. The Labute approximate surface area is 120 Å². The van der Waals surface area contributed by atoms with Gasteiger partial charge >= 0.3 is 0 Å². The van der Waals surface area contributed by atoms with Gasteiger partial charge in [-0.25, -0.2) is 4.39 Å². The van der Waals surface area contributed by atoms with E-state index in [1.807, 2.05) is 6.07 Å². The molecule has 2 rings (SSSR count). The Morgan fingerprint density at radius 2 is 2.19 bits per heavy atom. The summed E-state index contributed by atoms with van der Waals surface area (Å²) >= 11 is 0. The summed E-state index contributed by atoms with van der Waals surface area (Å²) < 4.78 is 13.4. The molecule has 5 nitrogen and oxygen atoms in total. The lowest BCUT2D eigenvalue weighted by molar-refractivity contribution is -0.124. The second-order valence-corrected chi connectivity index (χ2v) is 4.84. The van der Waals surface area contributed by atoms with Crippen molar-refractivity contribution in [3.05, 3.63) is 40.7 Å². The summed E-state index contributed by atoms with van der Waals surface area (Å²) in [6, 6.07) is 5.19. The van der Waals surface area contributed by atoms with E-state index in [1.165, 1.54) is 13.0 Å². The highest BCUT2D eigenvalue weighted by Gasteiger charge is 2.47. The van der Waals surface area contributed by atoms with Gasteiger partial charge in [-0.2, -0.15) is 5.26 Å². The van der Waals surface area contributed by atoms with Crippen molar-refractivity contribution >= 4 is 17.4 Å². The van der Waals surface area contributed by atoms with Crippen molar-refractivity contribution in [3.63, 3.8) is 0 Å². The number of amides is 1. The summed E-state index contributed by atoms with van der Waals surface area (Å²) in [7, 11) is 0. The Morgan fingerprint density at radius 3 is 2.76 bits per heavy atom. The zero-order valence-electron chi connectivity index (χ0n) is 11.5. The van der Waals surface area contributed by atoms with Gasteiger partial charge in [0, 0.05) is 12.1 Å². The lowest BCUT2D eigenvalue weighted by Gasteiger charge is -2.29. The standard InChI is InChI=1S/C15H13FN2O3/c1-3-18-14(21)11-12(19)9-5-4-8(16)6-10(9)15(2,7-17)13(11)20/h4-6,19H,3H2,1-2H3,(H,18,21)/t15-/m1/s1. The molecule has 0 spiro atoms. The zero-order valence-corrected chi connectivity index (χ0v) is 11.5. The molecule has 0 unspecified atom stereocenters. The summed E-state index contributed by atoms with van der Waals surface area (Å²) in [6.07, 6.45) is 0. The molecule has 0 saturated carbocycles. The number of carbonyl (C=O) groups excluding carboxylic acids is 2. The highest BCUT2D eigenvalue weighted by atomic mass is 19.1. The average molecular weight is 288 g/mol. The van der Waals surface area contributed by atoms with Crippen LogP contribution in [-0.4, -0.2) is 23.3 Å². The Balaban J connectivity index is 2.77. The summed E-state index contributed by atoms with van der Waals surface area (Å²) in [5.41, 5.74) is -2.02. The molecule has 6 heteroatoms. The van der Waals surface area contributed by atoms with E-state index in [9.17, 15) is 24.3 Å². The minimum Gasteiger partial charge on any atom is -0.506 e. The molecule has 21 heavy (non-hydrogen) atoms. The van der Waals surface area contributed by atoms with Crippen LogP contribution < -0.4 is 5.32 Å². The highest BCUT2D eigenvalue weighted by Crippen LogP contribution is 2.39. The third-order valence-corrected chi connectivity index (χ3v) is 3.48. The maximum Gasteiger partial charge on any atom is 0.258 e. The van der Waals surface area contributed by atoms with Gasteiger partial charge in [-0.1, -0.05) is 0 Å². The zero-order chi connectivity index (χ0) is 15.8. The summed E-state index contributed by atoms with van der Waals surface area (Å²) in [6.45, 7) is 3.23. The first kappa shape index (κ1) is 14.7. The molecule has 108 valence electrons. The maximum atomic E-state index is 13.4. The Bertz CT molecular complexity index is 718. The quantitative estimate of drug-likeness (QED) is 0.809. The fourth-order valence-electron chi connectivity index (χ4n) is 2.32. The van der Waals surface area contributed by atoms with Crippen molar-refractivity contribution in [1.82, 2.24) is 5.32 Å². The molecule has 1 aromatic carbocycles. The van der Waals surface area contributed by atoms with E-state index in [0.717, 1.165) is 12.1 Å². The van der Waals surface area contributed by atoms with Crippen LogP contribution in [0.5, 0.6) is 0 Å². The number of hydrogen-bond acceptors (Lipinski definition) is 4. The smallest absolute Gasteiger partial charge is 0.258 e. The van der Waals surface area contributed by atoms with Gasteiger partial charge in [0.25, 0.3) is 5.91 Å². The fourth-order valence-corrected chi connectivity index (χ4v) is 2.32. The number of aliphatic hydroxyl groups excluding tert-OH is 1. The lowest BCUT2D eigenvalue weighted by atomic mass is 9.70. The highest BCUT2D eigenvalue weighted by molar-refractivity contribution is 6.29. The Morgan fingerprint density at radius 1 is 1.52 bits per heavy atom. The van der Waals surface area contributed by atoms with E-state index in [-0.39, 0.29) is 17.7 Å². The number of carbonyl (C=O) groups is 2. The monoisotopic (exact) mass is 288 g/mol. The molecular formula is C15H13FN2O3. The van der Waals surface area contributed by atoms with Gasteiger partial charge in [0.1, 0.15) is 22.6 Å². The van der Waals surface area contributed by atoms with Crippen LogP contribution in [-0.2, 0) is 15.0 Å². The molecule has 0 saturated heterocycles. The molecule has 1 aliphatic carbocycles. The number of halogens is 1. The number of benzene rings is 1. The third-order valence-electron chi connectivity index (χ3n) is 3.48. The van der Waals surface area contributed by atoms with E-state index < -0.39 is 34.3 Å². The van der Waals surface area contributed by atoms with Gasteiger partial charge in [-0.3, -0.25) is 9.59 Å². The molecule has 0 aromatic heterocycles. The van der Waals surface area contributed by atoms with E-state index in [4.69, 9.17) is 0 Å². The van der Waals surface area contributed by atoms with Gasteiger partial charge in [-0.15, -0.1) is 0 Å². The molecule has 2 N–H and O–H groups in total. The number of ketones is 1. The Kier molecular flexibility index (Phi) is 3.52. The van der Waals surface area contributed by atoms with Gasteiger partial charge in [-0.05, 0) is 37.6 Å². The molecule has 0 bridgehead atoms. The predicted molar refractivity (Wildman–Crippen MR) is 72.6 cm³/mol. The van der Waals surface area contributed by atoms with Crippen LogP contribution in [0.1, 0.15) is 25.0 Å². The molecular weight excluding hydrogens is 275 g/mol. The first-order chi connectivity index (χ1) is 9.86. The van der Waals surface area contributed by atoms with Crippen LogP contribution in [0.2, 0.25) is 0 Å². The minimum atomic E-state index is -1.72. The maximum absolute atomic E-state index is 13.4. The van der Waals surface area contributed by atoms with Gasteiger partial charge < -0.3 is 10.4 Å². The number of fused-ring (bicyclic) bond motifs is 1. The number of nitriles is 1. The lowest BCUT2D eigenvalue weighted by Crippen LogP contribution is -2.42. The SMILES string of the molecule is CCNC(=O)C1=C(O)c2ccc(F)cc2[C@@](C)(C#N)C1=O. The minimum absolute atomic E-state index is 0.0561. The largest absolute Gasteiger partial charge is 0.506 e. The normalized spacial score (nSPS) is 20.8. The van der Waals surface area contributed by atoms with Crippen molar-refractivity contribution in [2.75, 3.05) is 6.54 Å². The fraction of sp³-hybridized carbons (Fsp3) is 0.267. The van der Waals surface area contributed by atoms with Gasteiger partial charge in [0.05, 0.1) is 6.07 Å². The summed E-state index contributed by atoms with van der Waals surface area (Å²) in [4.78, 5) is 24.4. The van der Waals surface area contributed by atoms with Crippen LogP contribution in [0.25, 0.3) is 5.76 Å². The van der Waals surface area contributed by atoms with Gasteiger partial charge in [0.15, 0.2) is 5.78 Å². The molecule has 0 fully saturated rings. The van der Waals surface area contributed by atoms with Crippen LogP contribution in [0, 0.1) is 17.1 Å².